The molecule has 0 bridgehead atoms. The van der Waals surface area contributed by atoms with Gasteiger partial charge in [-0.2, -0.15) is 0 Å². The fraction of sp³-hybridized carbons (Fsp3) is 0.353. The van der Waals surface area contributed by atoms with Gasteiger partial charge < -0.3 is 19.4 Å². The fourth-order valence-corrected chi connectivity index (χ4v) is 4.18. The van der Waals surface area contributed by atoms with E-state index in [0.717, 1.165) is 12.1 Å². The van der Waals surface area contributed by atoms with Gasteiger partial charge >= 0.3 is 6.36 Å². The highest BCUT2D eigenvalue weighted by molar-refractivity contribution is 7.89. The lowest BCUT2D eigenvalue weighted by molar-refractivity contribution is -0.275. The van der Waals surface area contributed by atoms with E-state index in [0.29, 0.717) is 12.1 Å². The minimum Gasteiger partial charge on any atom is -0.403 e. The SMILES string of the molecule is Cn1cc(S(=O)(=O)NC2(C)COC2)cc1C(=O)Nc1ccc(F)c(OC(F)(F)F)c1. The van der Waals surface area contributed by atoms with Crippen LogP contribution in [0, 0.1) is 5.82 Å². The number of carbonyl (C=O) groups excluding carboxylic acids is 1. The summed E-state index contributed by atoms with van der Waals surface area (Å²) in [5.74, 6) is -3.20. The summed E-state index contributed by atoms with van der Waals surface area (Å²) < 4.78 is 87.9. The average Bonchev–Trinajstić information content (AvgIpc) is 2.98. The molecule has 1 amide bonds. The van der Waals surface area contributed by atoms with E-state index in [4.69, 9.17) is 4.74 Å². The van der Waals surface area contributed by atoms with Crippen LogP contribution < -0.4 is 14.8 Å². The lowest BCUT2D eigenvalue weighted by Crippen LogP contribution is -2.59. The van der Waals surface area contributed by atoms with Crippen LogP contribution in [0.15, 0.2) is 35.4 Å². The Morgan fingerprint density at radius 3 is 2.50 bits per heavy atom. The molecule has 0 atom stereocenters. The Hall–Kier alpha value is -2.64. The molecule has 2 heterocycles. The van der Waals surface area contributed by atoms with Crippen LogP contribution in [-0.4, -0.2) is 44.0 Å². The summed E-state index contributed by atoms with van der Waals surface area (Å²) in [6.45, 7) is 2.08. The molecule has 30 heavy (non-hydrogen) atoms. The topological polar surface area (TPSA) is 98.7 Å². The summed E-state index contributed by atoms with van der Waals surface area (Å²) >= 11 is 0. The van der Waals surface area contributed by atoms with E-state index < -0.39 is 39.4 Å². The molecule has 0 saturated carbocycles. The third-order valence-corrected chi connectivity index (χ3v) is 5.76. The van der Waals surface area contributed by atoms with Gasteiger partial charge in [0.1, 0.15) is 10.6 Å². The molecule has 1 aliphatic rings. The van der Waals surface area contributed by atoms with Gasteiger partial charge in [0, 0.05) is 25.0 Å². The maximum Gasteiger partial charge on any atom is 0.573 e. The number of sulfonamides is 1. The van der Waals surface area contributed by atoms with Crippen molar-refractivity contribution < 1.29 is 40.2 Å². The highest BCUT2D eigenvalue weighted by Gasteiger charge is 2.38. The van der Waals surface area contributed by atoms with E-state index in [2.05, 4.69) is 14.8 Å². The van der Waals surface area contributed by atoms with Crippen molar-refractivity contribution in [3.8, 4) is 5.75 Å². The van der Waals surface area contributed by atoms with Crippen molar-refractivity contribution >= 4 is 21.6 Å². The Kier molecular flexibility index (Phi) is 5.56. The second-order valence-electron chi connectivity index (χ2n) is 6.98. The molecule has 0 spiro atoms. The molecule has 1 aromatic carbocycles. The van der Waals surface area contributed by atoms with Gasteiger partial charge in [0.2, 0.25) is 10.0 Å². The minimum absolute atomic E-state index is 0.0898. The number of amides is 1. The molecular weight excluding hydrogens is 434 g/mol. The Morgan fingerprint density at radius 2 is 1.93 bits per heavy atom. The van der Waals surface area contributed by atoms with Crippen LogP contribution in [0.4, 0.5) is 23.2 Å². The smallest absolute Gasteiger partial charge is 0.403 e. The molecule has 1 aliphatic heterocycles. The highest BCUT2D eigenvalue weighted by atomic mass is 32.2. The Morgan fingerprint density at radius 1 is 1.27 bits per heavy atom. The Labute approximate surface area is 168 Å². The summed E-state index contributed by atoms with van der Waals surface area (Å²) in [6.07, 6.45) is -3.90. The van der Waals surface area contributed by atoms with Crippen LogP contribution in [0.5, 0.6) is 5.75 Å². The second-order valence-corrected chi connectivity index (χ2v) is 8.66. The molecule has 3 rings (SSSR count). The number of hydrogen-bond donors (Lipinski definition) is 2. The number of alkyl halides is 3. The number of halogens is 4. The molecule has 13 heteroatoms. The van der Waals surface area contributed by atoms with Gasteiger partial charge in [-0.05, 0) is 25.1 Å². The zero-order valence-corrected chi connectivity index (χ0v) is 16.5. The lowest BCUT2D eigenvalue weighted by atomic mass is 10.0. The average molecular weight is 451 g/mol. The molecule has 1 fully saturated rings. The molecule has 1 aromatic heterocycles. The normalized spacial score (nSPS) is 16.1. The summed E-state index contributed by atoms with van der Waals surface area (Å²) in [4.78, 5) is 12.3. The first-order valence-electron chi connectivity index (χ1n) is 8.43. The number of carbonyl (C=O) groups is 1. The van der Waals surface area contributed by atoms with Gasteiger partial charge in [0.05, 0.1) is 18.8 Å². The fourth-order valence-electron chi connectivity index (χ4n) is 2.74. The molecule has 0 unspecified atom stereocenters. The van der Waals surface area contributed by atoms with E-state index in [1.807, 2.05) is 0 Å². The molecule has 0 radical (unpaired) electrons. The van der Waals surface area contributed by atoms with E-state index >= 15 is 0 Å². The standard InChI is InChI=1S/C17H17F4N3O5S/c1-16(8-28-9-16)23-30(26,27)11-6-13(24(2)7-11)15(25)22-10-3-4-12(18)14(5-10)29-17(19,20)21/h3-7,23H,8-9H2,1-2H3,(H,22,25). The predicted octanol–water partition coefficient (Wildman–Crippen LogP) is 2.38. The Balaban J connectivity index is 1.79. The van der Waals surface area contributed by atoms with E-state index in [-0.39, 0.29) is 29.5 Å². The van der Waals surface area contributed by atoms with Gasteiger partial charge in [-0.3, -0.25) is 4.79 Å². The van der Waals surface area contributed by atoms with Crippen molar-refractivity contribution in [3.05, 3.63) is 42.0 Å². The largest absolute Gasteiger partial charge is 0.573 e. The number of aromatic nitrogens is 1. The quantitative estimate of drug-likeness (QED) is 0.658. The maximum absolute atomic E-state index is 13.5. The predicted molar refractivity (Wildman–Crippen MR) is 96.0 cm³/mol. The molecule has 0 aliphatic carbocycles. The van der Waals surface area contributed by atoms with Crippen LogP contribution in [0.1, 0.15) is 17.4 Å². The number of benzene rings is 1. The van der Waals surface area contributed by atoms with Crippen molar-refractivity contribution in [1.29, 1.82) is 0 Å². The first-order chi connectivity index (χ1) is 13.8. The van der Waals surface area contributed by atoms with Crippen LogP contribution in [0.2, 0.25) is 0 Å². The maximum atomic E-state index is 13.5. The second kappa shape index (κ2) is 7.56. The summed E-state index contributed by atoms with van der Waals surface area (Å²) in [5.41, 5.74) is -1.02. The van der Waals surface area contributed by atoms with E-state index in [9.17, 15) is 30.8 Å². The minimum atomic E-state index is -5.11. The third kappa shape index (κ3) is 4.91. The van der Waals surface area contributed by atoms with Gasteiger partial charge in [0.25, 0.3) is 5.91 Å². The summed E-state index contributed by atoms with van der Waals surface area (Å²) in [6, 6.07) is 3.51. The first kappa shape index (κ1) is 22.1. The van der Waals surface area contributed by atoms with Gasteiger partial charge in [-0.25, -0.2) is 17.5 Å². The van der Waals surface area contributed by atoms with Crippen LogP contribution in [-0.2, 0) is 21.8 Å². The van der Waals surface area contributed by atoms with Crippen molar-refractivity contribution in [3.63, 3.8) is 0 Å². The Bertz CT molecular complexity index is 1080. The van der Waals surface area contributed by atoms with Crippen LogP contribution in [0.3, 0.4) is 0 Å². The lowest BCUT2D eigenvalue weighted by Gasteiger charge is -2.38. The van der Waals surface area contributed by atoms with Crippen molar-refractivity contribution in [2.75, 3.05) is 18.5 Å². The van der Waals surface area contributed by atoms with E-state index in [1.165, 1.54) is 17.8 Å². The van der Waals surface area contributed by atoms with Crippen molar-refractivity contribution in [2.24, 2.45) is 7.05 Å². The third-order valence-electron chi connectivity index (χ3n) is 4.16. The molecule has 8 nitrogen and oxygen atoms in total. The van der Waals surface area contributed by atoms with Gasteiger partial charge in [-0.15, -0.1) is 13.2 Å². The number of ether oxygens (including phenoxy) is 2. The zero-order chi connectivity index (χ0) is 22.3. The first-order valence-corrected chi connectivity index (χ1v) is 9.91. The molecule has 2 aromatic rings. The monoisotopic (exact) mass is 451 g/mol. The number of nitrogens with one attached hydrogen (secondary N) is 2. The van der Waals surface area contributed by atoms with E-state index in [1.54, 1.807) is 6.92 Å². The number of hydrogen-bond acceptors (Lipinski definition) is 5. The number of anilines is 1. The van der Waals surface area contributed by atoms with Gasteiger partial charge in [0.15, 0.2) is 11.6 Å². The van der Waals surface area contributed by atoms with Gasteiger partial charge in [-0.1, -0.05) is 0 Å². The molecule has 164 valence electrons. The zero-order valence-electron chi connectivity index (χ0n) is 15.7. The van der Waals surface area contributed by atoms with Crippen LogP contribution >= 0.6 is 0 Å². The van der Waals surface area contributed by atoms with Crippen molar-refractivity contribution in [1.82, 2.24) is 9.29 Å². The van der Waals surface area contributed by atoms with Crippen molar-refractivity contribution in [2.45, 2.75) is 23.7 Å². The molecular formula is C17H17F4N3O5S. The summed E-state index contributed by atoms with van der Waals surface area (Å²) in [7, 11) is -2.52. The number of rotatable bonds is 6. The number of nitrogens with zero attached hydrogens (tertiary/aromatic N) is 1. The molecule has 2 N–H and O–H groups in total. The van der Waals surface area contributed by atoms with Crippen LogP contribution in [0.25, 0.3) is 0 Å². The highest BCUT2D eigenvalue weighted by Crippen LogP contribution is 2.28. The summed E-state index contributed by atoms with van der Waals surface area (Å²) in [5, 5.41) is 2.28. The molecule has 1 saturated heterocycles. The number of aryl methyl sites for hydroxylation is 1.